The molecule has 1 aromatic carbocycles. The first-order chi connectivity index (χ1) is 8.36. The summed E-state index contributed by atoms with van der Waals surface area (Å²) in [4.78, 5) is 3.63. The number of rotatable bonds is 3. The largest absolute Gasteiger partial charge is 0.298 e. The molecule has 18 heavy (non-hydrogen) atoms. The van der Waals surface area contributed by atoms with Crippen molar-refractivity contribution in [2.45, 2.75) is 11.6 Å². The van der Waals surface area contributed by atoms with Crippen LogP contribution in [0.15, 0.2) is 23.4 Å². The van der Waals surface area contributed by atoms with Crippen LogP contribution in [0.1, 0.15) is 11.4 Å². The van der Waals surface area contributed by atoms with Crippen LogP contribution >= 0.6 is 10.7 Å². The van der Waals surface area contributed by atoms with Gasteiger partial charge < -0.3 is 0 Å². The first-order valence-electron chi connectivity index (χ1n) is 4.66. The number of nitrogens with zero attached hydrogens (tertiary/aromatic N) is 2. The lowest BCUT2D eigenvalue weighted by atomic mass is 10.1. The molecule has 0 atom stereocenters. The molecule has 5 nitrogen and oxygen atoms in total. The maximum Gasteiger partial charge on any atom is 0.298 e. The molecule has 2 aromatic rings. The van der Waals surface area contributed by atoms with Crippen LogP contribution in [0.3, 0.4) is 0 Å². The molecule has 0 amide bonds. The lowest BCUT2D eigenvalue weighted by Gasteiger charge is -1.98. The van der Waals surface area contributed by atoms with Crippen molar-refractivity contribution in [3.63, 3.8) is 0 Å². The lowest BCUT2D eigenvalue weighted by Crippen LogP contribution is -1.95. The zero-order valence-electron chi connectivity index (χ0n) is 8.69. The topological polar surface area (TPSA) is 75.7 Å². The predicted octanol–water partition coefficient (Wildman–Crippen LogP) is 1.60. The Morgan fingerprint density at radius 2 is 2.00 bits per heavy atom. The van der Waals surface area contributed by atoms with Gasteiger partial charge in [0.25, 0.3) is 14.2 Å². The molecule has 0 aliphatic carbocycles. The Bertz CT molecular complexity index is 687. The van der Waals surface area contributed by atoms with Gasteiger partial charge in [-0.3, -0.25) is 5.10 Å². The van der Waals surface area contributed by atoms with Crippen molar-refractivity contribution in [3.05, 3.63) is 41.2 Å². The fraction of sp³-hybridized carbons (Fsp3) is 0.111. The van der Waals surface area contributed by atoms with Crippen LogP contribution < -0.4 is 0 Å². The van der Waals surface area contributed by atoms with Gasteiger partial charge in [-0.2, -0.15) is 0 Å². The van der Waals surface area contributed by atoms with Crippen LogP contribution in [-0.4, -0.2) is 23.6 Å². The van der Waals surface area contributed by atoms with E-state index in [-0.39, 0.29) is 12.2 Å². The van der Waals surface area contributed by atoms with Gasteiger partial charge in [0.2, 0.25) is 0 Å². The summed E-state index contributed by atoms with van der Waals surface area (Å²) >= 11 is 0. The van der Waals surface area contributed by atoms with E-state index in [0.717, 1.165) is 12.1 Å². The van der Waals surface area contributed by atoms with E-state index in [1.54, 1.807) is 0 Å². The van der Waals surface area contributed by atoms with Crippen molar-refractivity contribution >= 4 is 19.7 Å². The SMILES string of the molecule is O=S(=O)(Cl)c1n[nH]c(Cc2ccc(F)c(F)c2)n1. The van der Waals surface area contributed by atoms with Crippen LogP contribution in [0.2, 0.25) is 0 Å². The minimum absolute atomic E-state index is 0.0800. The van der Waals surface area contributed by atoms with E-state index < -0.39 is 25.8 Å². The highest BCUT2D eigenvalue weighted by molar-refractivity contribution is 8.13. The molecule has 0 bridgehead atoms. The molecule has 0 radical (unpaired) electrons. The van der Waals surface area contributed by atoms with E-state index in [4.69, 9.17) is 10.7 Å². The van der Waals surface area contributed by atoms with E-state index in [1.807, 2.05) is 0 Å². The molecule has 2 rings (SSSR count). The highest BCUT2D eigenvalue weighted by Gasteiger charge is 2.16. The van der Waals surface area contributed by atoms with Crippen molar-refractivity contribution in [2.75, 3.05) is 0 Å². The average Bonchev–Trinajstić information content (AvgIpc) is 2.72. The summed E-state index contributed by atoms with van der Waals surface area (Å²) in [6, 6.07) is 3.32. The molecule has 0 aliphatic rings. The first kappa shape index (κ1) is 12.9. The fourth-order valence-corrected chi connectivity index (χ4v) is 1.89. The standard InChI is InChI=1S/C9H6ClF2N3O2S/c10-18(16,17)9-13-8(14-15-9)4-5-1-2-6(11)7(12)3-5/h1-3H,4H2,(H,13,14,15). The second-order valence-corrected chi connectivity index (χ2v) is 5.89. The third kappa shape index (κ3) is 2.82. The molecule has 1 N–H and O–H groups in total. The highest BCUT2D eigenvalue weighted by Crippen LogP contribution is 2.13. The van der Waals surface area contributed by atoms with Gasteiger partial charge in [0.15, 0.2) is 11.6 Å². The van der Waals surface area contributed by atoms with Gasteiger partial charge in [0, 0.05) is 17.1 Å². The number of nitrogens with one attached hydrogen (secondary N) is 1. The molecule has 96 valence electrons. The van der Waals surface area contributed by atoms with Crippen LogP contribution in [-0.2, 0) is 15.5 Å². The number of aromatic nitrogens is 3. The molecular weight excluding hydrogens is 288 g/mol. The van der Waals surface area contributed by atoms with E-state index in [1.165, 1.54) is 6.07 Å². The van der Waals surface area contributed by atoms with Gasteiger partial charge in [0.1, 0.15) is 5.82 Å². The first-order valence-corrected chi connectivity index (χ1v) is 6.97. The minimum Gasteiger partial charge on any atom is -0.262 e. The van der Waals surface area contributed by atoms with Crippen LogP contribution in [0.5, 0.6) is 0 Å². The van der Waals surface area contributed by atoms with Crippen molar-refractivity contribution in [2.24, 2.45) is 0 Å². The van der Waals surface area contributed by atoms with Gasteiger partial charge >= 0.3 is 0 Å². The number of H-pyrrole nitrogens is 1. The van der Waals surface area contributed by atoms with Crippen molar-refractivity contribution in [1.82, 2.24) is 15.2 Å². The lowest BCUT2D eigenvalue weighted by molar-refractivity contribution is 0.507. The molecule has 9 heteroatoms. The predicted molar refractivity (Wildman–Crippen MR) is 58.6 cm³/mol. The van der Waals surface area contributed by atoms with E-state index in [2.05, 4.69) is 15.2 Å². The smallest absolute Gasteiger partial charge is 0.262 e. The van der Waals surface area contributed by atoms with Crippen molar-refractivity contribution in [1.29, 1.82) is 0 Å². The Hall–Kier alpha value is -1.54. The molecule has 0 saturated heterocycles. The molecule has 0 spiro atoms. The molecule has 0 saturated carbocycles. The quantitative estimate of drug-likeness (QED) is 0.872. The zero-order chi connectivity index (χ0) is 13.3. The summed E-state index contributed by atoms with van der Waals surface area (Å²) < 4.78 is 47.4. The second-order valence-electron chi connectivity index (χ2n) is 3.43. The summed E-state index contributed by atoms with van der Waals surface area (Å²) in [5.41, 5.74) is 0.420. The third-order valence-corrected chi connectivity index (χ3v) is 3.12. The number of aromatic amines is 1. The Labute approximate surface area is 105 Å². The van der Waals surface area contributed by atoms with Gasteiger partial charge in [-0.15, -0.1) is 5.10 Å². The summed E-state index contributed by atoms with van der Waals surface area (Å²) in [5.74, 6) is -1.77. The zero-order valence-corrected chi connectivity index (χ0v) is 10.3. The van der Waals surface area contributed by atoms with Crippen molar-refractivity contribution < 1.29 is 17.2 Å². The molecule has 0 fully saturated rings. The maximum atomic E-state index is 12.9. The maximum absolute atomic E-state index is 12.9. The van der Waals surface area contributed by atoms with Crippen LogP contribution in [0.4, 0.5) is 8.78 Å². The van der Waals surface area contributed by atoms with Crippen LogP contribution in [0.25, 0.3) is 0 Å². The summed E-state index contributed by atoms with van der Waals surface area (Å²) in [5, 5.41) is 5.20. The Kier molecular flexibility index (Phi) is 3.31. The van der Waals surface area contributed by atoms with Crippen molar-refractivity contribution in [3.8, 4) is 0 Å². The molecule has 0 unspecified atom stereocenters. The Morgan fingerprint density at radius 1 is 1.28 bits per heavy atom. The van der Waals surface area contributed by atoms with Crippen LogP contribution in [0, 0.1) is 11.6 Å². The third-order valence-electron chi connectivity index (χ3n) is 2.08. The number of halogens is 3. The Morgan fingerprint density at radius 3 is 2.56 bits per heavy atom. The van der Waals surface area contributed by atoms with Gasteiger partial charge in [-0.1, -0.05) is 6.07 Å². The number of hydrogen-bond acceptors (Lipinski definition) is 4. The summed E-state index contributed by atoms with van der Waals surface area (Å²) in [6.45, 7) is 0. The number of hydrogen-bond donors (Lipinski definition) is 1. The van der Waals surface area contributed by atoms with E-state index in [0.29, 0.717) is 5.56 Å². The molecule has 1 heterocycles. The van der Waals surface area contributed by atoms with Gasteiger partial charge in [-0.05, 0) is 17.7 Å². The van der Waals surface area contributed by atoms with Gasteiger partial charge in [-0.25, -0.2) is 22.2 Å². The monoisotopic (exact) mass is 293 g/mol. The van der Waals surface area contributed by atoms with E-state index >= 15 is 0 Å². The molecule has 1 aromatic heterocycles. The number of benzene rings is 1. The van der Waals surface area contributed by atoms with E-state index in [9.17, 15) is 17.2 Å². The molecule has 0 aliphatic heterocycles. The second kappa shape index (κ2) is 4.62. The normalized spacial score (nSPS) is 11.7. The summed E-state index contributed by atoms with van der Waals surface area (Å²) in [6.07, 6.45) is 0.0800. The Balaban J connectivity index is 2.24. The highest BCUT2D eigenvalue weighted by atomic mass is 35.7. The fourth-order valence-electron chi connectivity index (χ4n) is 1.31. The van der Waals surface area contributed by atoms with Gasteiger partial charge in [0.05, 0.1) is 0 Å². The summed E-state index contributed by atoms with van der Waals surface area (Å²) in [7, 11) is 1.03. The average molecular weight is 294 g/mol. The molecular formula is C9H6ClF2N3O2S. The minimum atomic E-state index is -4.00.